The summed E-state index contributed by atoms with van der Waals surface area (Å²) in [4.78, 5) is 24.8. The largest absolute Gasteiger partial charge is 0.331 e. The molecule has 0 saturated heterocycles. The standard InChI is InChI=1S/C16H19IN2O2/c1-4-8-18-10-14(17)15(20)19(16(18)21)9-13-11(2)6-5-7-12(13)3/h5-7,10H,4,8-9H2,1-3H3. The van der Waals surface area contributed by atoms with E-state index in [0.29, 0.717) is 16.7 Å². The van der Waals surface area contributed by atoms with Crippen LogP contribution in [0.5, 0.6) is 0 Å². The number of rotatable bonds is 4. The first-order valence-electron chi connectivity index (χ1n) is 7.00. The molecule has 1 aromatic carbocycles. The molecule has 5 heteroatoms. The van der Waals surface area contributed by atoms with Crippen LogP contribution in [0.25, 0.3) is 0 Å². The molecule has 1 aromatic heterocycles. The summed E-state index contributed by atoms with van der Waals surface area (Å²) in [5.74, 6) is 0. The Bertz CT molecular complexity index is 755. The van der Waals surface area contributed by atoms with Crippen molar-refractivity contribution in [3.63, 3.8) is 0 Å². The molecule has 1 heterocycles. The minimum absolute atomic E-state index is 0.212. The van der Waals surface area contributed by atoms with Gasteiger partial charge in [-0.1, -0.05) is 25.1 Å². The van der Waals surface area contributed by atoms with E-state index >= 15 is 0 Å². The molecule has 0 amide bonds. The molecule has 0 N–H and O–H groups in total. The van der Waals surface area contributed by atoms with Crippen molar-refractivity contribution in [1.82, 2.24) is 9.13 Å². The highest BCUT2D eigenvalue weighted by Crippen LogP contribution is 2.13. The maximum atomic E-state index is 12.5. The third-order valence-corrected chi connectivity index (χ3v) is 4.36. The van der Waals surface area contributed by atoms with Crippen molar-refractivity contribution in [2.45, 2.75) is 40.3 Å². The van der Waals surface area contributed by atoms with Gasteiger partial charge in [-0.3, -0.25) is 13.9 Å². The van der Waals surface area contributed by atoms with E-state index in [2.05, 4.69) is 0 Å². The summed E-state index contributed by atoms with van der Waals surface area (Å²) in [5, 5.41) is 0. The second-order valence-corrected chi connectivity index (χ2v) is 6.38. The van der Waals surface area contributed by atoms with E-state index in [4.69, 9.17) is 0 Å². The third kappa shape index (κ3) is 3.28. The van der Waals surface area contributed by atoms with E-state index in [0.717, 1.165) is 23.1 Å². The average molecular weight is 398 g/mol. The van der Waals surface area contributed by atoms with Gasteiger partial charge in [0.1, 0.15) is 0 Å². The smallest absolute Gasteiger partial charge is 0.299 e. The van der Waals surface area contributed by atoms with E-state index in [1.165, 1.54) is 4.57 Å². The van der Waals surface area contributed by atoms with Gasteiger partial charge in [-0.25, -0.2) is 4.79 Å². The molecule has 0 bridgehead atoms. The second kappa shape index (κ2) is 6.60. The number of hydrogen-bond acceptors (Lipinski definition) is 2. The number of benzene rings is 1. The topological polar surface area (TPSA) is 44.0 Å². The van der Waals surface area contributed by atoms with Crippen LogP contribution in [-0.2, 0) is 13.1 Å². The molecule has 0 aliphatic rings. The fraction of sp³-hybridized carbons (Fsp3) is 0.375. The lowest BCUT2D eigenvalue weighted by atomic mass is 10.0. The minimum Gasteiger partial charge on any atom is -0.299 e. The van der Waals surface area contributed by atoms with Gasteiger partial charge in [-0.2, -0.15) is 0 Å². The molecule has 112 valence electrons. The van der Waals surface area contributed by atoms with Gasteiger partial charge < -0.3 is 0 Å². The molecule has 4 nitrogen and oxygen atoms in total. The van der Waals surface area contributed by atoms with Gasteiger partial charge >= 0.3 is 5.69 Å². The number of hydrogen-bond donors (Lipinski definition) is 0. The zero-order valence-electron chi connectivity index (χ0n) is 12.5. The van der Waals surface area contributed by atoms with Gasteiger partial charge in [0.15, 0.2) is 0 Å². The molecule has 21 heavy (non-hydrogen) atoms. The summed E-state index contributed by atoms with van der Waals surface area (Å²) in [5.41, 5.74) is 2.80. The molecule has 2 aromatic rings. The average Bonchev–Trinajstić information content (AvgIpc) is 2.44. The van der Waals surface area contributed by atoms with Gasteiger partial charge in [0.25, 0.3) is 5.56 Å². The first-order chi connectivity index (χ1) is 9.95. The third-order valence-electron chi connectivity index (χ3n) is 3.62. The highest BCUT2D eigenvalue weighted by Gasteiger charge is 2.12. The summed E-state index contributed by atoms with van der Waals surface area (Å²) in [6.45, 7) is 6.98. The van der Waals surface area contributed by atoms with Gasteiger partial charge in [0, 0.05) is 12.7 Å². The summed E-state index contributed by atoms with van der Waals surface area (Å²) in [7, 11) is 0. The number of aromatic nitrogens is 2. The van der Waals surface area contributed by atoms with E-state index in [1.54, 1.807) is 10.8 Å². The van der Waals surface area contributed by atoms with Gasteiger partial charge in [0.2, 0.25) is 0 Å². The molecule has 0 radical (unpaired) electrons. The van der Waals surface area contributed by atoms with Crippen LogP contribution >= 0.6 is 22.6 Å². The van der Waals surface area contributed by atoms with Crippen LogP contribution in [0.15, 0.2) is 34.0 Å². The Balaban J connectivity index is 2.59. The van der Waals surface area contributed by atoms with Gasteiger partial charge in [-0.15, -0.1) is 0 Å². The van der Waals surface area contributed by atoms with Crippen LogP contribution in [-0.4, -0.2) is 9.13 Å². The number of halogens is 1. The van der Waals surface area contributed by atoms with Crippen LogP contribution < -0.4 is 11.2 Å². The first kappa shape index (κ1) is 16.0. The normalized spacial score (nSPS) is 10.9. The lowest BCUT2D eigenvalue weighted by molar-refractivity contribution is 0.565. The summed E-state index contributed by atoms with van der Waals surface area (Å²) in [6.07, 6.45) is 2.51. The van der Waals surface area contributed by atoms with E-state index in [-0.39, 0.29) is 11.2 Å². The van der Waals surface area contributed by atoms with Crippen molar-refractivity contribution in [2.75, 3.05) is 0 Å². The molecule has 0 spiro atoms. The molecule has 0 atom stereocenters. The molecule has 0 fully saturated rings. The summed E-state index contributed by atoms with van der Waals surface area (Å²) >= 11 is 2.00. The Morgan fingerprint density at radius 2 is 1.76 bits per heavy atom. The second-order valence-electron chi connectivity index (χ2n) is 5.21. The van der Waals surface area contributed by atoms with Crippen molar-refractivity contribution in [1.29, 1.82) is 0 Å². The quantitative estimate of drug-likeness (QED) is 0.744. The number of aryl methyl sites for hydroxylation is 3. The van der Waals surface area contributed by atoms with Gasteiger partial charge in [-0.05, 0) is 59.5 Å². The highest BCUT2D eigenvalue weighted by molar-refractivity contribution is 14.1. The van der Waals surface area contributed by atoms with Crippen molar-refractivity contribution in [3.05, 3.63) is 65.5 Å². The van der Waals surface area contributed by atoms with Crippen molar-refractivity contribution in [2.24, 2.45) is 0 Å². The van der Waals surface area contributed by atoms with Crippen molar-refractivity contribution < 1.29 is 0 Å². The molecule has 0 saturated carbocycles. The van der Waals surface area contributed by atoms with Crippen LogP contribution in [0.4, 0.5) is 0 Å². The monoisotopic (exact) mass is 398 g/mol. The Morgan fingerprint density at radius 1 is 1.14 bits per heavy atom. The predicted octanol–water partition coefficient (Wildman–Crippen LogP) is 2.69. The van der Waals surface area contributed by atoms with Crippen LogP contribution in [0.2, 0.25) is 0 Å². The van der Waals surface area contributed by atoms with Crippen molar-refractivity contribution >= 4 is 22.6 Å². The van der Waals surface area contributed by atoms with Crippen molar-refractivity contribution in [3.8, 4) is 0 Å². The van der Waals surface area contributed by atoms with Crippen LogP contribution in [0.1, 0.15) is 30.0 Å². The van der Waals surface area contributed by atoms with E-state index in [9.17, 15) is 9.59 Å². The van der Waals surface area contributed by atoms with E-state index < -0.39 is 0 Å². The fourth-order valence-electron chi connectivity index (χ4n) is 2.42. The lowest BCUT2D eigenvalue weighted by Gasteiger charge is -2.13. The first-order valence-corrected chi connectivity index (χ1v) is 8.08. The Kier molecular flexibility index (Phi) is 5.03. The lowest BCUT2D eigenvalue weighted by Crippen LogP contribution is -2.41. The highest BCUT2D eigenvalue weighted by atomic mass is 127. The zero-order chi connectivity index (χ0) is 15.6. The Hall–Kier alpha value is -1.37. The maximum absolute atomic E-state index is 12.5. The Morgan fingerprint density at radius 3 is 2.33 bits per heavy atom. The minimum atomic E-state index is -0.232. The number of nitrogens with zero attached hydrogens (tertiary/aromatic N) is 2. The van der Waals surface area contributed by atoms with Gasteiger partial charge in [0.05, 0.1) is 10.1 Å². The Labute approximate surface area is 137 Å². The zero-order valence-corrected chi connectivity index (χ0v) is 14.7. The fourth-order valence-corrected chi connectivity index (χ4v) is 3.04. The van der Waals surface area contributed by atoms with Crippen LogP contribution in [0, 0.1) is 17.4 Å². The van der Waals surface area contributed by atoms with Crippen LogP contribution in [0.3, 0.4) is 0 Å². The molecule has 2 rings (SSSR count). The molecule has 0 aliphatic carbocycles. The van der Waals surface area contributed by atoms with E-state index in [1.807, 2.05) is 61.6 Å². The summed E-state index contributed by atoms with van der Waals surface area (Å²) < 4.78 is 3.54. The SMILES string of the molecule is CCCn1cc(I)c(=O)n(Cc2c(C)cccc2C)c1=O. The maximum Gasteiger partial charge on any atom is 0.331 e. The molecule has 0 unspecified atom stereocenters. The molecular weight excluding hydrogens is 379 g/mol. The summed E-state index contributed by atoms with van der Waals surface area (Å²) in [6, 6.07) is 6.00. The predicted molar refractivity (Wildman–Crippen MR) is 93.0 cm³/mol. The molecule has 0 aliphatic heterocycles. The molecular formula is C16H19IN2O2.